The third-order valence-corrected chi connectivity index (χ3v) is 6.29. The second-order valence-electron chi connectivity index (χ2n) is 8.11. The minimum absolute atomic E-state index is 0.241. The summed E-state index contributed by atoms with van der Waals surface area (Å²) in [4.78, 5) is 23.7. The summed E-state index contributed by atoms with van der Waals surface area (Å²) in [6.45, 7) is 4.82. The standard InChI is InChI=1S/C23H25N3O2/c1-16-7-8-19-20(13-16)25-21(24-19)17-14-26(15-17)22(27)23(9-11-28-12-10-23)18-5-3-2-4-6-18/h2-8,13,17H,9-12,14-15H2,1H3,(H,24,25). The molecule has 1 amide bonds. The smallest absolute Gasteiger partial charge is 0.233 e. The van der Waals surface area contributed by atoms with Crippen LogP contribution in [-0.4, -0.2) is 47.1 Å². The third-order valence-electron chi connectivity index (χ3n) is 6.29. The molecule has 2 fully saturated rings. The maximum absolute atomic E-state index is 13.5. The zero-order valence-corrected chi connectivity index (χ0v) is 16.1. The van der Waals surface area contributed by atoms with Gasteiger partial charge in [-0.2, -0.15) is 0 Å². The molecule has 5 nitrogen and oxygen atoms in total. The first-order valence-corrected chi connectivity index (χ1v) is 10.0. The van der Waals surface area contributed by atoms with Gasteiger partial charge >= 0.3 is 0 Å². The number of aryl methyl sites for hydroxylation is 1. The van der Waals surface area contributed by atoms with E-state index in [9.17, 15) is 4.79 Å². The van der Waals surface area contributed by atoms with Crippen molar-refractivity contribution in [2.45, 2.75) is 31.1 Å². The number of hydrogen-bond acceptors (Lipinski definition) is 3. The van der Waals surface area contributed by atoms with E-state index in [1.165, 1.54) is 5.56 Å². The maximum atomic E-state index is 13.5. The molecule has 2 aliphatic rings. The molecular weight excluding hydrogens is 350 g/mol. The van der Waals surface area contributed by atoms with Gasteiger partial charge in [0.25, 0.3) is 0 Å². The zero-order valence-electron chi connectivity index (χ0n) is 16.1. The summed E-state index contributed by atoms with van der Waals surface area (Å²) in [5, 5.41) is 0. The van der Waals surface area contributed by atoms with Gasteiger partial charge in [0.1, 0.15) is 5.82 Å². The largest absolute Gasteiger partial charge is 0.381 e. The number of benzene rings is 2. The predicted octanol–water partition coefficient (Wildman–Crippen LogP) is 3.55. The van der Waals surface area contributed by atoms with Gasteiger partial charge in [0.15, 0.2) is 0 Å². The first kappa shape index (κ1) is 17.4. The van der Waals surface area contributed by atoms with Gasteiger partial charge in [-0.3, -0.25) is 4.79 Å². The molecule has 2 saturated heterocycles. The number of carbonyl (C=O) groups excluding carboxylic acids is 1. The molecule has 0 atom stereocenters. The van der Waals surface area contributed by atoms with Crippen molar-refractivity contribution in [2.75, 3.05) is 26.3 Å². The molecule has 2 aliphatic heterocycles. The molecule has 3 aromatic rings. The number of aromatic amines is 1. The summed E-state index contributed by atoms with van der Waals surface area (Å²) in [6.07, 6.45) is 1.50. The van der Waals surface area contributed by atoms with Gasteiger partial charge in [-0.15, -0.1) is 0 Å². The van der Waals surface area contributed by atoms with Crippen LogP contribution >= 0.6 is 0 Å². The van der Waals surface area contributed by atoms with Crippen LogP contribution in [0.5, 0.6) is 0 Å². The molecule has 0 aliphatic carbocycles. The lowest BCUT2D eigenvalue weighted by Crippen LogP contribution is -2.57. The Morgan fingerprint density at radius 3 is 2.64 bits per heavy atom. The van der Waals surface area contributed by atoms with Crippen LogP contribution in [0.1, 0.15) is 35.7 Å². The molecule has 1 N–H and O–H groups in total. The minimum Gasteiger partial charge on any atom is -0.381 e. The van der Waals surface area contributed by atoms with Crippen LogP contribution in [0.3, 0.4) is 0 Å². The van der Waals surface area contributed by atoms with Crippen molar-refractivity contribution >= 4 is 16.9 Å². The van der Waals surface area contributed by atoms with E-state index in [0.29, 0.717) is 13.2 Å². The fourth-order valence-electron chi connectivity index (χ4n) is 4.56. The Bertz CT molecular complexity index is 999. The Morgan fingerprint density at radius 1 is 1.14 bits per heavy atom. The first-order chi connectivity index (χ1) is 13.7. The van der Waals surface area contributed by atoms with E-state index < -0.39 is 5.41 Å². The average molecular weight is 375 g/mol. The molecule has 144 valence electrons. The number of imidazole rings is 1. The van der Waals surface area contributed by atoms with Gasteiger partial charge in [0.05, 0.1) is 22.4 Å². The van der Waals surface area contributed by atoms with Gasteiger partial charge in [-0.25, -0.2) is 4.98 Å². The maximum Gasteiger partial charge on any atom is 0.233 e. The highest BCUT2D eigenvalue weighted by molar-refractivity contribution is 5.89. The number of nitrogens with zero attached hydrogens (tertiary/aromatic N) is 2. The SMILES string of the molecule is Cc1ccc2nc(C3CN(C(=O)C4(c5ccccc5)CCOCC4)C3)[nH]c2c1. The number of fused-ring (bicyclic) bond motifs is 1. The van der Waals surface area contributed by atoms with E-state index in [4.69, 9.17) is 9.72 Å². The molecule has 28 heavy (non-hydrogen) atoms. The van der Waals surface area contributed by atoms with E-state index in [-0.39, 0.29) is 11.8 Å². The van der Waals surface area contributed by atoms with Crippen molar-refractivity contribution in [3.63, 3.8) is 0 Å². The van der Waals surface area contributed by atoms with E-state index in [0.717, 1.165) is 48.4 Å². The molecule has 0 bridgehead atoms. The van der Waals surface area contributed by atoms with Crippen molar-refractivity contribution in [3.05, 3.63) is 65.5 Å². The van der Waals surface area contributed by atoms with Crippen LogP contribution in [0.2, 0.25) is 0 Å². The predicted molar refractivity (Wildman–Crippen MR) is 108 cm³/mol. The van der Waals surface area contributed by atoms with Crippen LogP contribution in [0.4, 0.5) is 0 Å². The quantitative estimate of drug-likeness (QED) is 0.762. The number of ether oxygens (including phenoxy) is 1. The van der Waals surface area contributed by atoms with Gasteiger partial charge in [0.2, 0.25) is 5.91 Å². The lowest BCUT2D eigenvalue weighted by Gasteiger charge is -2.46. The summed E-state index contributed by atoms with van der Waals surface area (Å²) in [5.41, 5.74) is 3.96. The van der Waals surface area contributed by atoms with Crippen molar-refractivity contribution in [3.8, 4) is 0 Å². The summed E-state index contributed by atoms with van der Waals surface area (Å²) in [7, 11) is 0. The Balaban J connectivity index is 1.36. The highest BCUT2D eigenvalue weighted by atomic mass is 16.5. The summed E-state index contributed by atoms with van der Waals surface area (Å²) in [6, 6.07) is 16.5. The number of rotatable bonds is 3. The Hall–Kier alpha value is -2.66. The van der Waals surface area contributed by atoms with Crippen LogP contribution in [-0.2, 0) is 14.9 Å². The van der Waals surface area contributed by atoms with E-state index in [1.54, 1.807) is 0 Å². The topological polar surface area (TPSA) is 58.2 Å². The van der Waals surface area contributed by atoms with Gasteiger partial charge < -0.3 is 14.6 Å². The fourth-order valence-corrected chi connectivity index (χ4v) is 4.56. The Labute approximate surface area is 164 Å². The summed E-state index contributed by atoms with van der Waals surface area (Å²) >= 11 is 0. The molecule has 0 spiro atoms. The molecule has 5 rings (SSSR count). The van der Waals surface area contributed by atoms with Gasteiger partial charge in [-0.05, 0) is 43.0 Å². The molecule has 1 aromatic heterocycles. The number of carbonyl (C=O) groups is 1. The van der Waals surface area contributed by atoms with Crippen molar-refractivity contribution in [2.24, 2.45) is 0 Å². The Morgan fingerprint density at radius 2 is 1.89 bits per heavy atom. The first-order valence-electron chi connectivity index (χ1n) is 10.0. The normalized spacial score (nSPS) is 19.5. The molecular formula is C23H25N3O2. The zero-order chi connectivity index (χ0) is 19.1. The van der Waals surface area contributed by atoms with Gasteiger partial charge in [-0.1, -0.05) is 36.4 Å². The average Bonchev–Trinajstić information content (AvgIpc) is 3.10. The number of aromatic nitrogens is 2. The third kappa shape index (κ3) is 2.81. The van der Waals surface area contributed by atoms with Crippen LogP contribution in [0.25, 0.3) is 11.0 Å². The fraction of sp³-hybridized carbons (Fsp3) is 0.391. The highest BCUT2D eigenvalue weighted by Gasteiger charge is 2.47. The molecule has 5 heteroatoms. The second-order valence-corrected chi connectivity index (χ2v) is 8.11. The van der Waals surface area contributed by atoms with E-state index in [1.807, 2.05) is 23.1 Å². The lowest BCUT2D eigenvalue weighted by molar-refractivity contribution is -0.146. The number of likely N-dealkylation sites (tertiary alicyclic amines) is 1. The molecule has 2 aromatic carbocycles. The molecule has 3 heterocycles. The number of hydrogen-bond donors (Lipinski definition) is 1. The minimum atomic E-state index is -0.449. The van der Waals surface area contributed by atoms with Gasteiger partial charge in [0, 0.05) is 26.3 Å². The van der Waals surface area contributed by atoms with Crippen LogP contribution < -0.4 is 0 Å². The number of H-pyrrole nitrogens is 1. The molecule has 0 unspecified atom stereocenters. The molecule has 0 saturated carbocycles. The van der Waals surface area contributed by atoms with Crippen molar-refractivity contribution in [1.82, 2.24) is 14.9 Å². The highest BCUT2D eigenvalue weighted by Crippen LogP contribution is 2.39. The van der Waals surface area contributed by atoms with Crippen LogP contribution in [0.15, 0.2) is 48.5 Å². The number of amides is 1. The molecule has 0 radical (unpaired) electrons. The summed E-state index contributed by atoms with van der Waals surface area (Å²) < 4.78 is 5.58. The Kier molecular flexibility index (Phi) is 4.20. The second kappa shape index (κ2) is 6.74. The monoisotopic (exact) mass is 375 g/mol. The summed E-state index contributed by atoms with van der Waals surface area (Å²) in [5.74, 6) is 1.51. The van der Waals surface area contributed by atoms with Crippen LogP contribution in [0, 0.1) is 6.92 Å². The lowest BCUT2D eigenvalue weighted by atomic mass is 9.72. The van der Waals surface area contributed by atoms with E-state index in [2.05, 4.69) is 42.2 Å². The van der Waals surface area contributed by atoms with Crippen molar-refractivity contribution in [1.29, 1.82) is 0 Å². The van der Waals surface area contributed by atoms with E-state index >= 15 is 0 Å². The number of nitrogens with one attached hydrogen (secondary N) is 1. The van der Waals surface area contributed by atoms with Crippen molar-refractivity contribution < 1.29 is 9.53 Å².